The van der Waals surface area contributed by atoms with Crippen molar-refractivity contribution in [1.29, 1.82) is 0 Å². The summed E-state index contributed by atoms with van der Waals surface area (Å²) < 4.78 is 0. The first kappa shape index (κ1) is 17.7. The third-order valence-corrected chi connectivity index (χ3v) is 4.50. The lowest BCUT2D eigenvalue weighted by molar-refractivity contribution is -0.129. The summed E-state index contributed by atoms with van der Waals surface area (Å²) in [6, 6.07) is 5.26. The van der Waals surface area contributed by atoms with Crippen molar-refractivity contribution in [3.05, 3.63) is 36.2 Å². The zero-order valence-corrected chi connectivity index (χ0v) is 14.9. The Bertz CT molecular complexity index is 813. The van der Waals surface area contributed by atoms with Crippen molar-refractivity contribution in [2.45, 2.75) is 6.92 Å². The first-order valence-corrected chi connectivity index (χ1v) is 8.44. The van der Waals surface area contributed by atoms with E-state index in [2.05, 4.69) is 20.2 Å². The summed E-state index contributed by atoms with van der Waals surface area (Å²) in [6.07, 6.45) is 3.49. The van der Waals surface area contributed by atoms with Gasteiger partial charge in [-0.1, -0.05) is 6.07 Å². The Morgan fingerprint density at radius 3 is 2.27 bits per heavy atom. The Morgan fingerprint density at radius 1 is 1.08 bits per heavy atom. The van der Waals surface area contributed by atoms with E-state index in [4.69, 9.17) is 5.73 Å². The van der Waals surface area contributed by atoms with E-state index in [1.165, 1.54) is 0 Å². The first-order chi connectivity index (χ1) is 12.5. The highest BCUT2D eigenvalue weighted by molar-refractivity contribution is 5.99. The second kappa shape index (κ2) is 7.38. The number of nitrogen functional groups attached to an aromatic ring is 1. The van der Waals surface area contributed by atoms with E-state index in [9.17, 15) is 9.59 Å². The van der Waals surface area contributed by atoms with Crippen molar-refractivity contribution in [1.82, 2.24) is 20.2 Å². The van der Waals surface area contributed by atoms with Crippen LogP contribution in [0.1, 0.15) is 17.3 Å². The Balaban J connectivity index is 1.73. The van der Waals surface area contributed by atoms with E-state index < -0.39 is 0 Å². The molecule has 1 aromatic heterocycles. The highest BCUT2D eigenvalue weighted by Gasteiger charge is 2.20. The molecule has 1 aromatic carbocycles. The van der Waals surface area contributed by atoms with Crippen LogP contribution in [0.15, 0.2) is 30.6 Å². The maximum Gasteiger partial charge on any atom is 0.253 e. The van der Waals surface area contributed by atoms with Gasteiger partial charge in [-0.15, -0.1) is 0 Å². The lowest BCUT2D eigenvalue weighted by Crippen LogP contribution is -2.48. The lowest BCUT2D eigenvalue weighted by atomic mass is 10.0. The third-order valence-electron chi connectivity index (χ3n) is 4.50. The number of nitrogens with two attached hydrogens (primary N) is 1. The van der Waals surface area contributed by atoms with Gasteiger partial charge < -0.3 is 20.9 Å². The van der Waals surface area contributed by atoms with Gasteiger partial charge in [-0.2, -0.15) is 0 Å². The van der Waals surface area contributed by atoms with Crippen LogP contribution in [-0.4, -0.2) is 59.9 Å². The van der Waals surface area contributed by atoms with E-state index in [0.717, 1.165) is 11.1 Å². The number of amides is 2. The smallest absolute Gasteiger partial charge is 0.253 e. The molecule has 2 aromatic rings. The van der Waals surface area contributed by atoms with Crippen LogP contribution in [0.25, 0.3) is 11.1 Å². The molecule has 0 aliphatic carbocycles. The molecular weight excluding hydrogens is 332 g/mol. The molecule has 1 saturated heterocycles. The average Bonchev–Trinajstić information content (AvgIpc) is 2.67. The number of carbonyl (C=O) groups excluding carboxylic acids is 2. The summed E-state index contributed by atoms with van der Waals surface area (Å²) in [5.74, 6) is 0.524. The lowest BCUT2D eigenvalue weighted by Gasteiger charge is -2.34. The maximum atomic E-state index is 11.7. The number of aromatic nitrogens is 2. The Kier molecular flexibility index (Phi) is 5.01. The molecule has 1 aliphatic heterocycles. The number of nitrogens with zero attached hydrogens (tertiary/aromatic N) is 4. The molecule has 0 radical (unpaired) electrons. The molecule has 0 unspecified atom stereocenters. The normalized spacial score (nSPS) is 14.2. The van der Waals surface area contributed by atoms with E-state index in [0.29, 0.717) is 43.4 Å². The van der Waals surface area contributed by atoms with Crippen LogP contribution in [0.5, 0.6) is 0 Å². The van der Waals surface area contributed by atoms with Gasteiger partial charge in [-0.3, -0.25) is 9.59 Å². The molecule has 1 fully saturated rings. The SMILES string of the molecule is CNC(=O)c1ccc(-c2cnc(N3CCN(C(C)=O)CC3)nc2)cc1N. The van der Waals surface area contributed by atoms with E-state index >= 15 is 0 Å². The number of hydrogen-bond acceptors (Lipinski definition) is 6. The topological polar surface area (TPSA) is 104 Å². The van der Waals surface area contributed by atoms with E-state index in [1.54, 1.807) is 38.5 Å². The van der Waals surface area contributed by atoms with Gasteiger partial charge in [0.15, 0.2) is 0 Å². The Labute approximate surface area is 152 Å². The molecule has 3 N–H and O–H groups in total. The summed E-state index contributed by atoms with van der Waals surface area (Å²) in [5, 5.41) is 2.56. The summed E-state index contributed by atoms with van der Waals surface area (Å²) >= 11 is 0. The predicted octanol–water partition coefficient (Wildman–Crippen LogP) is 0.754. The van der Waals surface area contributed by atoms with Crippen LogP contribution in [-0.2, 0) is 4.79 Å². The monoisotopic (exact) mass is 354 g/mol. The first-order valence-electron chi connectivity index (χ1n) is 8.44. The average molecular weight is 354 g/mol. The second-order valence-corrected chi connectivity index (χ2v) is 6.15. The third kappa shape index (κ3) is 3.58. The number of carbonyl (C=O) groups is 2. The minimum Gasteiger partial charge on any atom is -0.398 e. The highest BCUT2D eigenvalue weighted by Crippen LogP contribution is 2.24. The van der Waals surface area contributed by atoms with Crippen molar-refractivity contribution < 1.29 is 9.59 Å². The molecule has 0 spiro atoms. The van der Waals surface area contributed by atoms with Gasteiger partial charge in [-0.25, -0.2) is 9.97 Å². The molecule has 2 amide bonds. The Hall–Kier alpha value is -3.16. The predicted molar refractivity (Wildman–Crippen MR) is 99.7 cm³/mol. The zero-order chi connectivity index (χ0) is 18.7. The van der Waals surface area contributed by atoms with Crippen molar-refractivity contribution in [3.63, 3.8) is 0 Å². The molecule has 0 saturated carbocycles. The van der Waals surface area contributed by atoms with Crippen molar-refractivity contribution >= 4 is 23.5 Å². The molecular formula is C18H22N6O2. The van der Waals surface area contributed by atoms with Crippen LogP contribution in [0.3, 0.4) is 0 Å². The zero-order valence-electron chi connectivity index (χ0n) is 14.9. The highest BCUT2D eigenvalue weighted by atomic mass is 16.2. The fourth-order valence-corrected chi connectivity index (χ4v) is 2.94. The van der Waals surface area contributed by atoms with Gasteiger partial charge >= 0.3 is 0 Å². The minimum atomic E-state index is -0.217. The van der Waals surface area contributed by atoms with E-state index in [1.807, 2.05) is 11.0 Å². The van der Waals surface area contributed by atoms with Crippen LogP contribution >= 0.6 is 0 Å². The summed E-state index contributed by atoms with van der Waals surface area (Å²) in [7, 11) is 1.57. The van der Waals surface area contributed by atoms with Gasteiger partial charge in [-0.05, 0) is 17.7 Å². The van der Waals surface area contributed by atoms with Gasteiger partial charge in [0, 0.05) is 63.8 Å². The fraction of sp³-hybridized carbons (Fsp3) is 0.333. The van der Waals surface area contributed by atoms with Gasteiger partial charge in [0.1, 0.15) is 0 Å². The van der Waals surface area contributed by atoms with Crippen LogP contribution < -0.4 is 16.0 Å². The standard InChI is InChI=1S/C18H22N6O2/c1-12(25)23-5-7-24(8-6-23)18-21-10-14(11-22-18)13-3-4-15(16(19)9-13)17(26)20-2/h3-4,9-11H,5-8,19H2,1-2H3,(H,20,26). The van der Waals surface area contributed by atoms with Crippen LogP contribution in [0.4, 0.5) is 11.6 Å². The Morgan fingerprint density at radius 2 is 1.73 bits per heavy atom. The van der Waals surface area contributed by atoms with Crippen molar-refractivity contribution in [2.24, 2.45) is 0 Å². The molecule has 1 aliphatic rings. The summed E-state index contributed by atoms with van der Waals surface area (Å²) in [5.41, 5.74) is 8.50. The molecule has 8 heteroatoms. The molecule has 0 atom stereocenters. The molecule has 2 heterocycles. The number of rotatable bonds is 3. The quantitative estimate of drug-likeness (QED) is 0.789. The summed E-state index contributed by atoms with van der Waals surface area (Å²) in [4.78, 5) is 35.9. The van der Waals surface area contributed by atoms with Gasteiger partial charge in [0.05, 0.1) is 5.56 Å². The largest absolute Gasteiger partial charge is 0.398 e. The minimum absolute atomic E-state index is 0.0960. The molecule has 3 rings (SSSR count). The van der Waals surface area contributed by atoms with Crippen molar-refractivity contribution in [3.8, 4) is 11.1 Å². The number of piperazine rings is 1. The second-order valence-electron chi connectivity index (χ2n) is 6.15. The van der Waals surface area contributed by atoms with Gasteiger partial charge in [0.2, 0.25) is 11.9 Å². The number of benzene rings is 1. The van der Waals surface area contributed by atoms with Crippen LogP contribution in [0.2, 0.25) is 0 Å². The molecule has 26 heavy (non-hydrogen) atoms. The molecule has 136 valence electrons. The van der Waals surface area contributed by atoms with Gasteiger partial charge in [0.25, 0.3) is 5.91 Å². The summed E-state index contributed by atoms with van der Waals surface area (Å²) in [6.45, 7) is 4.37. The fourth-order valence-electron chi connectivity index (χ4n) is 2.94. The number of nitrogens with one attached hydrogen (secondary N) is 1. The molecule has 8 nitrogen and oxygen atoms in total. The maximum absolute atomic E-state index is 11.7. The van der Waals surface area contributed by atoms with E-state index in [-0.39, 0.29) is 11.8 Å². The molecule has 0 bridgehead atoms. The van der Waals surface area contributed by atoms with Crippen LogP contribution in [0, 0.1) is 0 Å². The van der Waals surface area contributed by atoms with Crippen molar-refractivity contribution in [2.75, 3.05) is 43.9 Å². The number of anilines is 2. The number of hydrogen-bond donors (Lipinski definition) is 2.